The lowest BCUT2D eigenvalue weighted by atomic mass is 10.0. The molecule has 1 aromatic carbocycles. The standard InChI is InChI=1S/C13H16ClNO3/c14-9-1-2-10(12(17)18)11(7-9)15-8-13(3-4-13)5-6-16/h1-2,7,15-16H,3-6,8H2,(H,17,18). The molecule has 3 N–H and O–H groups in total. The molecule has 0 unspecified atom stereocenters. The van der Waals surface area contributed by atoms with Gasteiger partial charge in [-0.2, -0.15) is 0 Å². The summed E-state index contributed by atoms with van der Waals surface area (Å²) in [6, 6.07) is 4.69. The van der Waals surface area contributed by atoms with Gasteiger partial charge in [0.25, 0.3) is 0 Å². The minimum Gasteiger partial charge on any atom is -0.478 e. The molecule has 1 aliphatic carbocycles. The number of rotatable bonds is 6. The monoisotopic (exact) mass is 269 g/mol. The molecule has 2 rings (SSSR count). The summed E-state index contributed by atoms with van der Waals surface area (Å²) in [7, 11) is 0. The molecule has 0 aromatic heterocycles. The fourth-order valence-corrected chi connectivity index (χ4v) is 2.23. The second-order valence-corrected chi connectivity index (χ2v) is 5.26. The highest BCUT2D eigenvalue weighted by atomic mass is 35.5. The molecule has 1 aromatic rings. The summed E-state index contributed by atoms with van der Waals surface area (Å²) in [5.41, 5.74) is 0.894. The van der Waals surface area contributed by atoms with Crippen LogP contribution in [0.25, 0.3) is 0 Å². The van der Waals surface area contributed by atoms with Gasteiger partial charge in [-0.3, -0.25) is 0 Å². The predicted octanol–water partition coefficient (Wildman–Crippen LogP) is 2.61. The van der Waals surface area contributed by atoms with Crippen LogP contribution >= 0.6 is 11.6 Å². The number of aliphatic hydroxyl groups excluding tert-OH is 1. The van der Waals surface area contributed by atoms with Crippen LogP contribution < -0.4 is 5.32 Å². The highest BCUT2D eigenvalue weighted by Gasteiger charge is 2.41. The third-order valence-corrected chi connectivity index (χ3v) is 3.70. The van der Waals surface area contributed by atoms with Gasteiger partial charge in [-0.05, 0) is 42.9 Å². The van der Waals surface area contributed by atoms with Crippen molar-refractivity contribution in [1.29, 1.82) is 0 Å². The molecule has 1 saturated carbocycles. The van der Waals surface area contributed by atoms with E-state index < -0.39 is 5.97 Å². The first-order chi connectivity index (χ1) is 8.56. The molecule has 0 aliphatic heterocycles. The summed E-state index contributed by atoms with van der Waals surface area (Å²) >= 11 is 5.88. The lowest BCUT2D eigenvalue weighted by Gasteiger charge is -2.17. The minimum absolute atomic E-state index is 0.132. The number of aliphatic hydroxyl groups is 1. The van der Waals surface area contributed by atoms with E-state index in [4.69, 9.17) is 21.8 Å². The van der Waals surface area contributed by atoms with E-state index in [0.29, 0.717) is 17.3 Å². The van der Waals surface area contributed by atoms with Gasteiger partial charge in [-0.15, -0.1) is 0 Å². The molecule has 0 heterocycles. The molecule has 1 aliphatic rings. The average molecular weight is 270 g/mol. The van der Waals surface area contributed by atoms with Crippen molar-refractivity contribution in [3.8, 4) is 0 Å². The predicted molar refractivity (Wildman–Crippen MR) is 70.3 cm³/mol. The Morgan fingerprint density at radius 3 is 2.72 bits per heavy atom. The van der Waals surface area contributed by atoms with Gasteiger partial charge in [0.05, 0.1) is 11.3 Å². The van der Waals surface area contributed by atoms with Crippen LogP contribution in [-0.4, -0.2) is 29.3 Å². The van der Waals surface area contributed by atoms with Crippen LogP contribution in [0.3, 0.4) is 0 Å². The van der Waals surface area contributed by atoms with Crippen molar-refractivity contribution in [3.05, 3.63) is 28.8 Å². The normalized spacial score (nSPS) is 16.3. The van der Waals surface area contributed by atoms with Crippen molar-refractivity contribution in [1.82, 2.24) is 0 Å². The van der Waals surface area contributed by atoms with E-state index in [1.54, 1.807) is 12.1 Å². The Kier molecular flexibility index (Phi) is 3.78. The lowest BCUT2D eigenvalue weighted by molar-refractivity contribution is 0.0698. The van der Waals surface area contributed by atoms with Gasteiger partial charge in [-0.1, -0.05) is 11.6 Å². The number of hydrogen-bond acceptors (Lipinski definition) is 3. The Morgan fingerprint density at radius 1 is 1.44 bits per heavy atom. The van der Waals surface area contributed by atoms with E-state index in [9.17, 15) is 4.79 Å². The zero-order chi connectivity index (χ0) is 13.2. The molecule has 0 atom stereocenters. The molecule has 98 valence electrons. The number of carboxylic acid groups (broad SMARTS) is 1. The molecular formula is C13H16ClNO3. The van der Waals surface area contributed by atoms with Crippen LogP contribution in [0.15, 0.2) is 18.2 Å². The van der Waals surface area contributed by atoms with Crippen LogP contribution in [0.1, 0.15) is 29.6 Å². The molecule has 18 heavy (non-hydrogen) atoms. The Morgan fingerprint density at radius 2 is 2.17 bits per heavy atom. The number of halogens is 1. The minimum atomic E-state index is -0.971. The van der Waals surface area contributed by atoms with Gasteiger partial charge in [0.15, 0.2) is 0 Å². The second-order valence-electron chi connectivity index (χ2n) is 4.82. The maximum Gasteiger partial charge on any atom is 0.337 e. The van der Waals surface area contributed by atoms with Crippen molar-refractivity contribution in [2.45, 2.75) is 19.3 Å². The summed E-state index contributed by atoms with van der Waals surface area (Å²) in [6.45, 7) is 0.844. The Bertz CT molecular complexity index is 458. The van der Waals surface area contributed by atoms with Crippen molar-refractivity contribution < 1.29 is 15.0 Å². The molecule has 4 nitrogen and oxygen atoms in total. The first-order valence-corrected chi connectivity index (χ1v) is 6.32. The number of hydrogen-bond donors (Lipinski definition) is 3. The van der Waals surface area contributed by atoms with Crippen molar-refractivity contribution in [3.63, 3.8) is 0 Å². The van der Waals surface area contributed by atoms with Crippen LogP contribution in [0.5, 0.6) is 0 Å². The fourth-order valence-electron chi connectivity index (χ4n) is 2.06. The van der Waals surface area contributed by atoms with Gasteiger partial charge in [0.2, 0.25) is 0 Å². The molecule has 0 saturated heterocycles. The van der Waals surface area contributed by atoms with E-state index in [0.717, 1.165) is 19.3 Å². The maximum absolute atomic E-state index is 11.1. The van der Waals surface area contributed by atoms with Crippen molar-refractivity contribution >= 4 is 23.3 Å². The van der Waals surface area contributed by atoms with Gasteiger partial charge in [0.1, 0.15) is 0 Å². The lowest BCUT2D eigenvalue weighted by Crippen LogP contribution is -2.18. The van der Waals surface area contributed by atoms with E-state index in [1.165, 1.54) is 6.07 Å². The summed E-state index contributed by atoms with van der Waals surface area (Å²) in [6.07, 6.45) is 2.90. The zero-order valence-corrected chi connectivity index (χ0v) is 10.7. The van der Waals surface area contributed by atoms with Gasteiger partial charge >= 0.3 is 5.97 Å². The maximum atomic E-state index is 11.1. The topological polar surface area (TPSA) is 69.6 Å². The summed E-state index contributed by atoms with van der Waals surface area (Å²) in [4.78, 5) is 11.1. The van der Waals surface area contributed by atoms with E-state index in [-0.39, 0.29) is 17.6 Å². The Labute approximate surface area is 111 Å². The largest absolute Gasteiger partial charge is 0.478 e. The zero-order valence-electron chi connectivity index (χ0n) is 9.95. The molecular weight excluding hydrogens is 254 g/mol. The van der Waals surface area contributed by atoms with Crippen LogP contribution in [0, 0.1) is 5.41 Å². The number of anilines is 1. The summed E-state index contributed by atoms with van der Waals surface area (Å²) in [5.74, 6) is -0.971. The summed E-state index contributed by atoms with van der Waals surface area (Å²) < 4.78 is 0. The number of aromatic carboxylic acids is 1. The first-order valence-electron chi connectivity index (χ1n) is 5.94. The Balaban J connectivity index is 2.08. The molecule has 0 amide bonds. The number of carboxylic acids is 1. The van der Waals surface area contributed by atoms with Crippen LogP contribution in [0.4, 0.5) is 5.69 Å². The fraction of sp³-hybridized carbons (Fsp3) is 0.462. The van der Waals surface area contributed by atoms with Gasteiger partial charge < -0.3 is 15.5 Å². The highest BCUT2D eigenvalue weighted by molar-refractivity contribution is 6.31. The van der Waals surface area contributed by atoms with Gasteiger partial charge in [0, 0.05) is 18.2 Å². The third kappa shape index (κ3) is 2.94. The van der Waals surface area contributed by atoms with E-state index in [2.05, 4.69) is 5.32 Å². The van der Waals surface area contributed by atoms with E-state index >= 15 is 0 Å². The smallest absolute Gasteiger partial charge is 0.337 e. The number of nitrogens with one attached hydrogen (secondary N) is 1. The van der Waals surface area contributed by atoms with Crippen LogP contribution in [-0.2, 0) is 0 Å². The van der Waals surface area contributed by atoms with Crippen molar-refractivity contribution in [2.24, 2.45) is 5.41 Å². The quantitative estimate of drug-likeness (QED) is 0.742. The Hall–Kier alpha value is -1.26. The highest BCUT2D eigenvalue weighted by Crippen LogP contribution is 2.48. The second kappa shape index (κ2) is 5.16. The van der Waals surface area contributed by atoms with Gasteiger partial charge in [-0.25, -0.2) is 4.79 Å². The molecule has 1 fully saturated rings. The third-order valence-electron chi connectivity index (χ3n) is 3.47. The van der Waals surface area contributed by atoms with Crippen LogP contribution in [0.2, 0.25) is 5.02 Å². The molecule has 0 spiro atoms. The number of carbonyl (C=O) groups is 1. The van der Waals surface area contributed by atoms with E-state index in [1.807, 2.05) is 0 Å². The van der Waals surface area contributed by atoms with Crippen molar-refractivity contribution in [2.75, 3.05) is 18.5 Å². The first kappa shape index (κ1) is 13.2. The average Bonchev–Trinajstić information content (AvgIpc) is 3.07. The molecule has 0 radical (unpaired) electrons. The number of benzene rings is 1. The molecule has 0 bridgehead atoms. The SMILES string of the molecule is O=C(O)c1ccc(Cl)cc1NCC1(CCO)CC1. The summed E-state index contributed by atoms with van der Waals surface area (Å²) in [5, 5.41) is 21.7. The molecule has 5 heteroatoms.